The van der Waals surface area contributed by atoms with E-state index < -0.39 is 91.7 Å². The van der Waals surface area contributed by atoms with Crippen LogP contribution in [-0.4, -0.2) is 72.4 Å². The Labute approximate surface area is 273 Å². The van der Waals surface area contributed by atoms with Gasteiger partial charge in [-0.05, 0) is 30.7 Å². The molecule has 0 bridgehead atoms. The molecular formula is C30H29ClF5N5O7. The molecule has 2 fully saturated rings. The summed E-state index contributed by atoms with van der Waals surface area (Å²) in [6, 6.07) is 9.02. The zero-order valence-electron chi connectivity index (χ0n) is 24.9. The highest BCUT2D eigenvalue weighted by molar-refractivity contribution is 6.31. The van der Waals surface area contributed by atoms with E-state index in [0.29, 0.717) is 5.56 Å². The fourth-order valence-corrected chi connectivity index (χ4v) is 6.36. The van der Waals surface area contributed by atoms with E-state index in [0.717, 1.165) is 4.52 Å². The molecule has 2 aliphatic rings. The molecule has 2 unspecified atom stereocenters. The molecular weight excluding hydrogens is 673 g/mol. The first kappa shape index (κ1) is 34.8. The molecule has 1 saturated carbocycles. The Morgan fingerprint density at radius 2 is 1.79 bits per heavy atom. The van der Waals surface area contributed by atoms with Gasteiger partial charge in [0.25, 0.3) is 0 Å². The zero-order chi connectivity index (χ0) is 35.0. The first-order chi connectivity index (χ1) is 22.5. The summed E-state index contributed by atoms with van der Waals surface area (Å²) < 4.78 is 75.8. The summed E-state index contributed by atoms with van der Waals surface area (Å²) in [6.07, 6.45) is -9.70. The van der Waals surface area contributed by atoms with Gasteiger partial charge in [-0.1, -0.05) is 41.9 Å². The van der Waals surface area contributed by atoms with Crippen LogP contribution in [0.15, 0.2) is 42.6 Å². The van der Waals surface area contributed by atoms with Gasteiger partial charge in [0.05, 0.1) is 34.6 Å². The van der Waals surface area contributed by atoms with Crippen LogP contribution >= 0.6 is 11.6 Å². The second-order valence-electron chi connectivity index (χ2n) is 12.0. The van der Waals surface area contributed by atoms with E-state index in [1.807, 2.05) is 0 Å². The lowest BCUT2D eigenvalue weighted by Crippen LogP contribution is -2.60. The highest BCUT2D eigenvalue weighted by Crippen LogP contribution is 2.45. The van der Waals surface area contributed by atoms with Gasteiger partial charge in [0.2, 0.25) is 11.8 Å². The molecule has 48 heavy (non-hydrogen) atoms. The van der Waals surface area contributed by atoms with E-state index in [1.54, 1.807) is 30.3 Å². The van der Waals surface area contributed by atoms with Crippen molar-refractivity contribution in [1.29, 1.82) is 0 Å². The number of nitrogens with one attached hydrogen (secondary N) is 1. The number of alkyl carbamates (subject to hydrolysis) is 1. The van der Waals surface area contributed by atoms with Gasteiger partial charge in [0.1, 0.15) is 6.61 Å². The molecule has 12 nitrogen and oxygen atoms in total. The topological polar surface area (TPSA) is 163 Å². The van der Waals surface area contributed by atoms with Crippen LogP contribution in [0.5, 0.6) is 0 Å². The van der Waals surface area contributed by atoms with Crippen LogP contribution < -0.4 is 5.32 Å². The molecule has 258 valence electrons. The van der Waals surface area contributed by atoms with Gasteiger partial charge in [0, 0.05) is 31.9 Å². The largest absolute Gasteiger partial charge is 0.480 e. The average molecular weight is 702 g/mol. The quantitative estimate of drug-likeness (QED) is 0.192. The predicted molar refractivity (Wildman–Crippen MR) is 155 cm³/mol. The van der Waals surface area contributed by atoms with Gasteiger partial charge >= 0.3 is 24.3 Å². The van der Waals surface area contributed by atoms with E-state index in [2.05, 4.69) is 15.4 Å². The SMILES string of the molecule is O=C(NC(c1cn2nc(CC3(C(=O)O)C[C@@H](C(F)(F)F)CN(C(=O)O)C3=O)c(Cl)cc2n1)C1CCC(F)(F)CC1)OCc1ccccc1. The van der Waals surface area contributed by atoms with Gasteiger partial charge in [-0.2, -0.15) is 18.3 Å². The number of amides is 3. The summed E-state index contributed by atoms with van der Waals surface area (Å²) in [5.74, 6) is -9.43. The van der Waals surface area contributed by atoms with Crippen molar-refractivity contribution < 1.29 is 56.1 Å². The third-order valence-electron chi connectivity index (χ3n) is 8.76. The Kier molecular flexibility index (Phi) is 9.54. The summed E-state index contributed by atoms with van der Waals surface area (Å²) in [5.41, 5.74) is -2.34. The molecule has 5 rings (SSSR count). The minimum atomic E-state index is -5.02. The number of rotatable bonds is 8. The van der Waals surface area contributed by atoms with Crippen molar-refractivity contribution in [2.75, 3.05) is 6.54 Å². The predicted octanol–water partition coefficient (Wildman–Crippen LogP) is 5.88. The van der Waals surface area contributed by atoms with Gasteiger partial charge in [-0.3, -0.25) is 9.59 Å². The molecule has 3 atom stereocenters. The van der Waals surface area contributed by atoms with Crippen LogP contribution in [0.1, 0.15) is 55.1 Å². The van der Waals surface area contributed by atoms with E-state index in [4.69, 9.17) is 16.3 Å². The maximum absolute atomic E-state index is 14.0. The first-order valence-electron chi connectivity index (χ1n) is 14.7. The lowest BCUT2D eigenvalue weighted by Gasteiger charge is -2.41. The van der Waals surface area contributed by atoms with Crippen LogP contribution in [0.4, 0.5) is 31.5 Å². The number of imidazole rings is 1. The highest BCUT2D eigenvalue weighted by Gasteiger charge is 2.60. The molecule has 3 heterocycles. The van der Waals surface area contributed by atoms with Crippen LogP contribution in [0.3, 0.4) is 0 Å². The average Bonchev–Trinajstić information content (AvgIpc) is 3.42. The summed E-state index contributed by atoms with van der Waals surface area (Å²) >= 11 is 6.37. The monoisotopic (exact) mass is 701 g/mol. The molecule has 2 aromatic heterocycles. The summed E-state index contributed by atoms with van der Waals surface area (Å²) in [4.78, 5) is 54.4. The number of imide groups is 1. The number of carbonyl (C=O) groups excluding carboxylic acids is 2. The minimum Gasteiger partial charge on any atom is -0.480 e. The number of aromatic nitrogens is 3. The number of piperidine rings is 1. The standard InChI is InChI=1S/C30H29ClF5N5O7/c31-19-10-22-37-21(23(17-6-8-29(32,33)9-7-17)38-26(45)48-15-16-4-2-1-3-5-16)14-41(22)39-20(19)12-28(25(43)44)11-18(30(34,35)36)13-40(24(28)42)27(46)47/h1-5,10,14,17-18,23H,6-9,11-13,15H2,(H,38,45)(H,43,44)(H,46,47)/t18-,23?,28?/m1/s1. The second-order valence-corrected chi connectivity index (χ2v) is 12.4. The molecule has 0 radical (unpaired) electrons. The number of benzene rings is 1. The van der Waals surface area contributed by atoms with Crippen molar-refractivity contribution in [2.24, 2.45) is 17.3 Å². The van der Waals surface area contributed by atoms with E-state index in [-0.39, 0.29) is 46.4 Å². The van der Waals surface area contributed by atoms with Crippen LogP contribution in [0.2, 0.25) is 5.02 Å². The number of alkyl halides is 5. The third kappa shape index (κ3) is 7.29. The minimum absolute atomic E-state index is 0.0215. The molecule has 1 aromatic carbocycles. The number of hydrogen-bond acceptors (Lipinski definition) is 7. The number of fused-ring (bicyclic) bond motifs is 1. The van der Waals surface area contributed by atoms with Crippen LogP contribution in [0.25, 0.3) is 5.65 Å². The van der Waals surface area contributed by atoms with Crippen molar-refractivity contribution >= 4 is 41.3 Å². The Balaban J connectivity index is 1.47. The third-order valence-corrected chi connectivity index (χ3v) is 9.08. The molecule has 3 amide bonds. The van der Waals surface area contributed by atoms with Crippen molar-refractivity contribution in [3.63, 3.8) is 0 Å². The van der Waals surface area contributed by atoms with Crippen molar-refractivity contribution in [2.45, 2.75) is 63.3 Å². The lowest BCUT2D eigenvalue weighted by molar-refractivity contribution is -0.203. The van der Waals surface area contributed by atoms with Crippen molar-refractivity contribution in [3.8, 4) is 0 Å². The number of carboxylic acid groups (broad SMARTS) is 2. The Hall–Kier alpha value is -4.54. The summed E-state index contributed by atoms with van der Waals surface area (Å²) in [5, 5.41) is 26.1. The molecule has 1 aliphatic heterocycles. The van der Waals surface area contributed by atoms with Crippen LogP contribution in [-0.2, 0) is 27.4 Å². The number of carbonyl (C=O) groups is 4. The van der Waals surface area contributed by atoms with Gasteiger partial charge in [-0.25, -0.2) is 32.8 Å². The molecule has 3 aromatic rings. The fourth-order valence-electron chi connectivity index (χ4n) is 6.15. The maximum Gasteiger partial charge on any atom is 0.414 e. The number of likely N-dealkylation sites (tertiary alicyclic amines) is 1. The zero-order valence-corrected chi connectivity index (χ0v) is 25.7. The van der Waals surface area contributed by atoms with Crippen LogP contribution in [0, 0.1) is 17.3 Å². The van der Waals surface area contributed by atoms with Crippen molar-refractivity contribution in [3.05, 3.63) is 64.6 Å². The second kappa shape index (κ2) is 13.2. The molecule has 1 aliphatic carbocycles. The van der Waals surface area contributed by atoms with E-state index >= 15 is 0 Å². The van der Waals surface area contributed by atoms with Gasteiger partial charge in [0.15, 0.2) is 11.1 Å². The Bertz CT molecular complexity index is 1710. The number of aliphatic carboxylic acids is 1. The Morgan fingerprint density at radius 1 is 1.12 bits per heavy atom. The molecule has 0 spiro atoms. The fraction of sp³-hybridized carbons (Fsp3) is 0.467. The molecule has 1 saturated heterocycles. The number of ether oxygens (including phenoxy) is 1. The normalized spacial score (nSPS) is 22.3. The van der Waals surface area contributed by atoms with E-state index in [1.165, 1.54) is 12.3 Å². The van der Waals surface area contributed by atoms with Gasteiger partial charge in [-0.15, -0.1) is 0 Å². The number of halogens is 6. The Morgan fingerprint density at radius 3 is 2.40 bits per heavy atom. The lowest BCUT2D eigenvalue weighted by atomic mass is 9.71. The smallest absolute Gasteiger partial charge is 0.414 e. The maximum atomic E-state index is 14.0. The first-order valence-corrected chi connectivity index (χ1v) is 15.1. The summed E-state index contributed by atoms with van der Waals surface area (Å²) in [7, 11) is 0. The number of carboxylic acids is 1. The molecule has 18 heteroatoms. The number of hydrogen-bond donors (Lipinski definition) is 3. The molecule has 3 N–H and O–H groups in total. The van der Waals surface area contributed by atoms with Crippen molar-refractivity contribution in [1.82, 2.24) is 24.8 Å². The number of nitrogens with zero attached hydrogens (tertiary/aromatic N) is 4. The summed E-state index contributed by atoms with van der Waals surface area (Å²) in [6.45, 7) is -1.35. The highest BCUT2D eigenvalue weighted by atomic mass is 35.5. The van der Waals surface area contributed by atoms with Gasteiger partial charge < -0.3 is 20.3 Å². The van der Waals surface area contributed by atoms with E-state index in [9.17, 15) is 51.3 Å².